The van der Waals surface area contributed by atoms with Gasteiger partial charge in [0.2, 0.25) is 0 Å². The summed E-state index contributed by atoms with van der Waals surface area (Å²) in [6, 6.07) is 0. The highest BCUT2D eigenvalue weighted by molar-refractivity contribution is 7.84. The molecule has 3 nitrogen and oxygen atoms in total. The average Bonchev–Trinajstić information content (AvgIpc) is 2.31. The van der Waals surface area contributed by atoms with Crippen molar-refractivity contribution in [1.82, 2.24) is 0 Å². The third-order valence-corrected chi connectivity index (χ3v) is 2.51. The van der Waals surface area contributed by atoms with Gasteiger partial charge in [-0.3, -0.25) is 9.00 Å². The van der Waals surface area contributed by atoms with Gasteiger partial charge in [0.05, 0.1) is 0 Å². The first kappa shape index (κ1) is 8.71. The zero-order valence-corrected chi connectivity index (χ0v) is 7.36. The number of carbonyl (C=O) groups is 1. The number of ether oxygens (including phenoxy) is 1. The summed E-state index contributed by atoms with van der Waals surface area (Å²) in [5.41, 5.74) is 0. The van der Waals surface area contributed by atoms with Crippen LogP contribution in [0.25, 0.3) is 0 Å². The minimum Gasteiger partial charge on any atom is -0.462 e. The molecule has 11 heavy (non-hydrogen) atoms. The van der Waals surface area contributed by atoms with Crippen LogP contribution in [0.5, 0.6) is 0 Å². The third kappa shape index (κ3) is 3.01. The normalized spacial score (nSPS) is 26.6. The van der Waals surface area contributed by atoms with Gasteiger partial charge < -0.3 is 4.74 Å². The Morgan fingerprint density at radius 2 is 2.45 bits per heavy atom. The van der Waals surface area contributed by atoms with E-state index in [-0.39, 0.29) is 12.1 Å². The van der Waals surface area contributed by atoms with E-state index < -0.39 is 10.8 Å². The van der Waals surface area contributed by atoms with Crippen LogP contribution < -0.4 is 0 Å². The maximum Gasteiger partial charge on any atom is 0.306 e. The van der Waals surface area contributed by atoms with Crippen molar-refractivity contribution in [2.75, 3.05) is 12.0 Å². The molecule has 0 aromatic rings. The van der Waals surface area contributed by atoms with Gasteiger partial charge in [0.25, 0.3) is 0 Å². The van der Waals surface area contributed by atoms with Gasteiger partial charge in [-0.25, -0.2) is 0 Å². The number of esters is 1. The lowest BCUT2D eigenvalue weighted by Gasteiger charge is -2.06. The number of cyclic esters (lactones) is 1. The molecule has 4 heteroatoms. The standard InChI is InChI=1S/C7H12O3S/c1-11(9)5-4-6-2-3-7(8)10-6/h6H,2-5H2,1H3/t6-,11?/m0/s1. The van der Waals surface area contributed by atoms with E-state index in [2.05, 4.69) is 0 Å². The number of rotatable bonds is 3. The highest BCUT2D eigenvalue weighted by Gasteiger charge is 2.22. The predicted octanol–water partition coefficient (Wildman–Crippen LogP) is 0.461. The number of hydrogen-bond donors (Lipinski definition) is 0. The van der Waals surface area contributed by atoms with E-state index in [4.69, 9.17) is 4.74 Å². The highest BCUT2D eigenvalue weighted by atomic mass is 32.2. The van der Waals surface area contributed by atoms with Gasteiger partial charge >= 0.3 is 5.97 Å². The van der Waals surface area contributed by atoms with Gasteiger partial charge in [-0.15, -0.1) is 0 Å². The Hall–Kier alpha value is -0.380. The van der Waals surface area contributed by atoms with Crippen molar-refractivity contribution in [3.63, 3.8) is 0 Å². The molecule has 0 spiro atoms. The summed E-state index contributed by atoms with van der Waals surface area (Å²) in [5.74, 6) is 0.523. The molecule has 0 amide bonds. The Balaban J connectivity index is 2.18. The molecule has 0 radical (unpaired) electrons. The predicted molar refractivity (Wildman–Crippen MR) is 42.7 cm³/mol. The van der Waals surface area contributed by atoms with Crippen LogP contribution in [0, 0.1) is 0 Å². The Kier molecular flexibility index (Phi) is 3.05. The van der Waals surface area contributed by atoms with E-state index in [9.17, 15) is 9.00 Å². The van der Waals surface area contributed by atoms with Crippen LogP contribution >= 0.6 is 0 Å². The second-order valence-electron chi connectivity index (χ2n) is 2.72. The van der Waals surface area contributed by atoms with E-state index in [1.807, 2.05) is 0 Å². The van der Waals surface area contributed by atoms with Crippen molar-refractivity contribution in [3.8, 4) is 0 Å². The van der Waals surface area contributed by atoms with Gasteiger partial charge in [0, 0.05) is 29.2 Å². The summed E-state index contributed by atoms with van der Waals surface area (Å²) in [5, 5.41) is 0. The summed E-state index contributed by atoms with van der Waals surface area (Å²) in [6.07, 6.45) is 3.77. The summed E-state index contributed by atoms with van der Waals surface area (Å²) in [6.45, 7) is 0. The van der Waals surface area contributed by atoms with E-state index in [0.29, 0.717) is 12.2 Å². The number of hydrogen-bond acceptors (Lipinski definition) is 3. The first-order valence-corrected chi connectivity index (χ1v) is 5.40. The van der Waals surface area contributed by atoms with Crippen LogP contribution in [0.2, 0.25) is 0 Å². The molecular formula is C7H12O3S. The summed E-state index contributed by atoms with van der Waals surface area (Å²) >= 11 is 0. The molecule has 0 saturated carbocycles. The van der Waals surface area contributed by atoms with Gasteiger partial charge in [-0.05, 0) is 12.8 Å². The van der Waals surface area contributed by atoms with Gasteiger partial charge in [-0.2, -0.15) is 0 Å². The first-order valence-electron chi connectivity index (χ1n) is 3.68. The Morgan fingerprint density at radius 3 is 2.91 bits per heavy atom. The molecule has 0 N–H and O–H groups in total. The quantitative estimate of drug-likeness (QED) is 0.587. The average molecular weight is 176 g/mol. The molecule has 0 aromatic carbocycles. The van der Waals surface area contributed by atoms with Crippen molar-refractivity contribution >= 4 is 16.8 Å². The zero-order valence-electron chi connectivity index (χ0n) is 6.54. The van der Waals surface area contributed by atoms with Crippen molar-refractivity contribution in [2.45, 2.75) is 25.4 Å². The second-order valence-corrected chi connectivity index (χ2v) is 4.27. The Bertz CT molecular complexity index is 179. The van der Waals surface area contributed by atoms with E-state index in [1.54, 1.807) is 6.26 Å². The molecular weight excluding hydrogens is 164 g/mol. The van der Waals surface area contributed by atoms with Crippen molar-refractivity contribution in [1.29, 1.82) is 0 Å². The van der Waals surface area contributed by atoms with Crippen LogP contribution in [0.4, 0.5) is 0 Å². The fourth-order valence-electron chi connectivity index (χ4n) is 1.08. The van der Waals surface area contributed by atoms with Crippen molar-refractivity contribution < 1.29 is 13.7 Å². The lowest BCUT2D eigenvalue weighted by atomic mass is 10.2. The summed E-state index contributed by atoms with van der Waals surface area (Å²) in [7, 11) is -0.764. The van der Waals surface area contributed by atoms with E-state index >= 15 is 0 Å². The lowest BCUT2D eigenvalue weighted by Crippen LogP contribution is -2.10. The molecule has 1 aliphatic rings. The summed E-state index contributed by atoms with van der Waals surface area (Å²) < 4.78 is 15.6. The third-order valence-electron chi connectivity index (χ3n) is 1.70. The van der Waals surface area contributed by atoms with Crippen LogP contribution in [0.3, 0.4) is 0 Å². The van der Waals surface area contributed by atoms with Crippen LogP contribution in [0.15, 0.2) is 0 Å². The van der Waals surface area contributed by atoms with Crippen LogP contribution in [-0.2, 0) is 20.3 Å². The molecule has 1 unspecified atom stereocenters. The SMILES string of the molecule is CS(=O)CC[C@@H]1CCC(=O)O1. The van der Waals surface area contributed by atoms with E-state index in [0.717, 1.165) is 12.8 Å². The molecule has 1 heterocycles. The lowest BCUT2D eigenvalue weighted by molar-refractivity contribution is -0.141. The van der Waals surface area contributed by atoms with Crippen molar-refractivity contribution in [2.24, 2.45) is 0 Å². The first-order chi connectivity index (χ1) is 5.18. The fourth-order valence-corrected chi connectivity index (χ4v) is 1.68. The molecule has 0 bridgehead atoms. The molecule has 1 fully saturated rings. The molecule has 1 aliphatic heterocycles. The van der Waals surface area contributed by atoms with Crippen LogP contribution in [0.1, 0.15) is 19.3 Å². The van der Waals surface area contributed by atoms with Crippen molar-refractivity contribution in [3.05, 3.63) is 0 Å². The number of carbonyl (C=O) groups excluding carboxylic acids is 1. The zero-order chi connectivity index (χ0) is 8.27. The minimum atomic E-state index is -0.764. The minimum absolute atomic E-state index is 0.0337. The molecule has 1 saturated heterocycles. The molecule has 64 valence electrons. The van der Waals surface area contributed by atoms with Gasteiger partial charge in [0.1, 0.15) is 6.10 Å². The molecule has 1 rings (SSSR count). The molecule has 0 aromatic heterocycles. The molecule has 0 aliphatic carbocycles. The van der Waals surface area contributed by atoms with Gasteiger partial charge in [0.15, 0.2) is 0 Å². The second kappa shape index (κ2) is 3.85. The molecule has 2 atom stereocenters. The Morgan fingerprint density at radius 1 is 1.73 bits per heavy atom. The summed E-state index contributed by atoms with van der Waals surface area (Å²) in [4.78, 5) is 10.6. The van der Waals surface area contributed by atoms with E-state index in [1.165, 1.54) is 0 Å². The largest absolute Gasteiger partial charge is 0.462 e. The fraction of sp³-hybridized carbons (Fsp3) is 0.857. The maximum absolute atomic E-state index is 10.7. The maximum atomic E-state index is 10.7. The highest BCUT2D eigenvalue weighted by Crippen LogP contribution is 2.16. The van der Waals surface area contributed by atoms with Crippen LogP contribution in [-0.4, -0.2) is 28.3 Å². The monoisotopic (exact) mass is 176 g/mol. The Labute approximate surface area is 68.6 Å². The topological polar surface area (TPSA) is 43.4 Å². The van der Waals surface area contributed by atoms with Gasteiger partial charge in [-0.1, -0.05) is 0 Å². The smallest absolute Gasteiger partial charge is 0.306 e.